The monoisotopic (exact) mass is 417 g/mol. The van der Waals surface area contributed by atoms with Crippen LogP contribution in [0.25, 0.3) is 0 Å². The number of benzene rings is 1. The van der Waals surface area contributed by atoms with Gasteiger partial charge < -0.3 is 5.73 Å². The summed E-state index contributed by atoms with van der Waals surface area (Å²) in [6, 6.07) is 8.50. The molecule has 0 spiro atoms. The van der Waals surface area contributed by atoms with Gasteiger partial charge in [-0.05, 0) is 48.0 Å². The fraction of sp³-hybridized carbons (Fsp3) is 0.357. The van der Waals surface area contributed by atoms with Crippen LogP contribution in [0.3, 0.4) is 0 Å². The van der Waals surface area contributed by atoms with Crippen LogP contribution in [0.4, 0.5) is 0 Å². The quantitative estimate of drug-likeness (QED) is 0.710. The Morgan fingerprint density at radius 3 is 2.75 bits per heavy atom. The molecule has 1 aromatic carbocycles. The summed E-state index contributed by atoms with van der Waals surface area (Å²) in [6.45, 7) is 4.22. The van der Waals surface area contributed by atoms with Gasteiger partial charge in [-0.1, -0.05) is 22.0 Å². The van der Waals surface area contributed by atoms with Gasteiger partial charge in [0, 0.05) is 21.2 Å². The average molecular weight is 419 g/mol. The smallest absolute Gasteiger partial charge is 0.0705 e. The molecule has 3 nitrogen and oxygen atoms in total. The molecule has 0 fully saturated rings. The lowest BCUT2D eigenvalue weighted by molar-refractivity contribution is 0.494. The molecule has 108 valence electrons. The summed E-state index contributed by atoms with van der Waals surface area (Å²) in [6.07, 6.45) is 1.82. The summed E-state index contributed by atoms with van der Waals surface area (Å²) in [4.78, 5) is 1.21. The average Bonchev–Trinajstić information content (AvgIpc) is 2.78. The van der Waals surface area contributed by atoms with Crippen molar-refractivity contribution in [3.63, 3.8) is 0 Å². The fourth-order valence-corrected chi connectivity index (χ4v) is 3.96. The predicted molar refractivity (Wildman–Crippen MR) is 92.1 cm³/mol. The van der Waals surface area contributed by atoms with E-state index in [0.717, 1.165) is 20.4 Å². The Bertz CT molecular complexity index is 584. The first-order chi connectivity index (χ1) is 9.49. The normalized spacial score (nSPS) is 12.9. The van der Waals surface area contributed by atoms with Crippen molar-refractivity contribution in [2.24, 2.45) is 5.73 Å². The first-order valence-electron chi connectivity index (χ1n) is 6.36. The van der Waals surface area contributed by atoms with E-state index in [1.807, 2.05) is 23.0 Å². The molecule has 0 radical (unpaired) electrons. The summed E-state index contributed by atoms with van der Waals surface area (Å²) >= 11 is 8.78. The van der Waals surface area contributed by atoms with Crippen molar-refractivity contribution in [1.82, 2.24) is 9.78 Å². The number of thioether (sulfide) groups is 1. The third-order valence-corrected chi connectivity index (χ3v) is 5.07. The Morgan fingerprint density at radius 2 is 2.10 bits per heavy atom. The first kappa shape index (κ1) is 16.1. The van der Waals surface area contributed by atoms with Gasteiger partial charge in [0.05, 0.1) is 22.4 Å². The standard InChI is InChI=1S/C14H17Br2N3S/c1-9(2)19-14(12(16)7-18-19)13(17)8-20-11-5-3-4-10(15)6-11/h3-7,9,13H,8,17H2,1-2H3. The maximum absolute atomic E-state index is 6.34. The highest BCUT2D eigenvalue weighted by Gasteiger charge is 2.18. The van der Waals surface area contributed by atoms with E-state index in [2.05, 4.69) is 62.9 Å². The molecule has 1 unspecified atom stereocenters. The number of aromatic nitrogens is 2. The Kier molecular flexibility index (Phi) is 5.72. The van der Waals surface area contributed by atoms with Crippen molar-refractivity contribution in [1.29, 1.82) is 0 Å². The van der Waals surface area contributed by atoms with Gasteiger partial charge >= 0.3 is 0 Å². The minimum absolute atomic E-state index is 0.0572. The number of hydrogen-bond acceptors (Lipinski definition) is 3. The Morgan fingerprint density at radius 1 is 1.35 bits per heavy atom. The van der Waals surface area contributed by atoms with Crippen molar-refractivity contribution in [3.8, 4) is 0 Å². The summed E-state index contributed by atoms with van der Waals surface area (Å²) in [7, 11) is 0. The second-order valence-electron chi connectivity index (χ2n) is 4.79. The highest BCUT2D eigenvalue weighted by Crippen LogP contribution is 2.30. The molecule has 1 aromatic heterocycles. The summed E-state index contributed by atoms with van der Waals surface area (Å²) in [5, 5.41) is 4.38. The van der Waals surface area contributed by atoms with Gasteiger partial charge in [-0.2, -0.15) is 5.10 Å². The Hall–Kier alpha value is -0.300. The van der Waals surface area contributed by atoms with Crippen LogP contribution in [0.2, 0.25) is 0 Å². The first-order valence-corrected chi connectivity index (χ1v) is 8.93. The second-order valence-corrected chi connectivity index (χ2v) is 7.65. The summed E-state index contributed by atoms with van der Waals surface area (Å²) in [5.41, 5.74) is 7.40. The minimum atomic E-state index is -0.0572. The zero-order valence-corrected chi connectivity index (χ0v) is 15.4. The topological polar surface area (TPSA) is 43.8 Å². The van der Waals surface area contributed by atoms with Crippen LogP contribution in [0.1, 0.15) is 31.6 Å². The van der Waals surface area contributed by atoms with Crippen LogP contribution in [0.15, 0.2) is 44.3 Å². The maximum Gasteiger partial charge on any atom is 0.0705 e. The third-order valence-electron chi connectivity index (χ3n) is 2.85. The lowest BCUT2D eigenvalue weighted by Crippen LogP contribution is -2.20. The number of halogens is 2. The predicted octanol–water partition coefficient (Wildman–Crippen LogP) is 4.78. The van der Waals surface area contributed by atoms with E-state index < -0.39 is 0 Å². The molecule has 2 aromatic rings. The molecule has 0 aliphatic rings. The van der Waals surface area contributed by atoms with E-state index in [0.29, 0.717) is 6.04 Å². The van der Waals surface area contributed by atoms with Crippen LogP contribution >= 0.6 is 43.6 Å². The molecule has 0 amide bonds. The lowest BCUT2D eigenvalue weighted by atomic mass is 10.2. The van der Waals surface area contributed by atoms with Gasteiger partial charge in [0.1, 0.15) is 0 Å². The Labute approximate surface area is 140 Å². The molecule has 2 N–H and O–H groups in total. The van der Waals surface area contributed by atoms with Gasteiger partial charge in [-0.15, -0.1) is 11.8 Å². The highest BCUT2D eigenvalue weighted by atomic mass is 79.9. The molecule has 0 saturated carbocycles. The van der Waals surface area contributed by atoms with E-state index >= 15 is 0 Å². The zero-order valence-electron chi connectivity index (χ0n) is 11.4. The molecule has 1 atom stereocenters. The lowest BCUT2D eigenvalue weighted by Gasteiger charge is -2.17. The molecule has 20 heavy (non-hydrogen) atoms. The van der Waals surface area contributed by atoms with Crippen LogP contribution in [-0.2, 0) is 0 Å². The van der Waals surface area contributed by atoms with Gasteiger partial charge in [0.15, 0.2) is 0 Å². The number of rotatable bonds is 5. The molecule has 0 aliphatic carbocycles. The van der Waals surface area contributed by atoms with Crippen LogP contribution in [0, 0.1) is 0 Å². The van der Waals surface area contributed by atoms with Crippen molar-refractivity contribution in [2.75, 3.05) is 5.75 Å². The van der Waals surface area contributed by atoms with Crippen molar-refractivity contribution < 1.29 is 0 Å². The van der Waals surface area contributed by atoms with Crippen molar-refractivity contribution >= 4 is 43.6 Å². The third kappa shape index (κ3) is 3.87. The van der Waals surface area contributed by atoms with Crippen LogP contribution in [0.5, 0.6) is 0 Å². The fourth-order valence-electron chi connectivity index (χ4n) is 1.93. The second kappa shape index (κ2) is 7.11. The molecule has 0 bridgehead atoms. The molecular weight excluding hydrogens is 402 g/mol. The van der Waals surface area contributed by atoms with Crippen LogP contribution < -0.4 is 5.73 Å². The Balaban J connectivity index is 2.09. The maximum atomic E-state index is 6.34. The number of nitrogens with zero attached hydrogens (tertiary/aromatic N) is 2. The molecule has 1 heterocycles. The molecule has 6 heteroatoms. The van der Waals surface area contributed by atoms with Gasteiger partial charge in [-0.3, -0.25) is 4.68 Å². The van der Waals surface area contributed by atoms with Crippen molar-refractivity contribution in [2.45, 2.75) is 30.8 Å². The van der Waals surface area contributed by atoms with Gasteiger partial charge in [0.2, 0.25) is 0 Å². The molecule has 2 rings (SSSR count). The van der Waals surface area contributed by atoms with Crippen LogP contribution in [-0.4, -0.2) is 15.5 Å². The van der Waals surface area contributed by atoms with E-state index in [-0.39, 0.29) is 6.04 Å². The zero-order chi connectivity index (χ0) is 14.7. The van der Waals surface area contributed by atoms with E-state index in [4.69, 9.17) is 5.73 Å². The summed E-state index contributed by atoms with van der Waals surface area (Å²) < 4.78 is 4.05. The molecule has 0 saturated heterocycles. The minimum Gasteiger partial charge on any atom is -0.322 e. The van der Waals surface area contributed by atoms with E-state index in [1.54, 1.807) is 11.8 Å². The number of nitrogens with two attached hydrogens (primary N) is 1. The number of hydrogen-bond donors (Lipinski definition) is 1. The largest absolute Gasteiger partial charge is 0.322 e. The molecule has 0 aliphatic heterocycles. The van der Waals surface area contributed by atoms with E-state index in [1.165, 1.54) is 4.90 Å². The van der Waals surface area contributed by atoms with Gasteiger partial charge in [0.25, 0.3) is 0 Å². The van der Waals surface area contributed by atoms with Crippen molar-refractivity contribution in [3.05, 3.63) is 45.1 Å². The summed E-state index contributed by atoms with van der Waals surface area (Å²) in [5.74, 6) is 0.813. The highest BCUT2D eigenvalue weighted by molar-refractivity contribution is 9.10. The van der Waals surface area contributed by atoms with E-state index in [9.17, 15) is 0 Å². The van der Waals surface area contributed by atoms with Gasteiger partial charge in [-0.25, -0.2) is 0 Å². The molecular formula is C14H17Br2N3S. The SMILES string of the molecule is CC(C)n1ncc(Br)c1C(N)CSc1cccc(Br)c1.